The van der Waals surface area contributed by atoms with Gasteiger partial charge in [0.2, 0.25) is 11.8 Å². The molecule has 2 aliphatic rings. The Morgan fingerprint density at radius 1 is 1.17 bits per heavy atom. The van der Waals surface area contributed by atoms with E-state index in [1.807, 2.05) is 24.3 Å². The van der Waals surface area contributed by atoms with Crippen molar-refractivity contribution in [2.24, 2.45) is 5.92 Å². The predicted octanol–water partition coefficient (Wildman–Crippen LogP) is 0.893. The third kappa shape index (κ3) is 2.93. The maximum atomic E-state index is 12.8. The molecule has 2 amide bonds. The largest absolute Gasteiger partial charge is 0.480 e. The molecule has 0 radical (unpaired) electrons. The number of nitrogens with zero attached hydrogens (tertiary/aromatic N) is 2. The van der Waals surface area contributed by atoms with Gasteiger partial charge < -0.3 is 14.9 Å². The summed E-state index contributed by atoms with van der Waals surface area (Å²) >= 11 is 0. The second-order valence-corrected chi connectivity index (χ2v) is 6.30. The minimum Gasteiger partial charge on any atom is -0.480 e. The van der Waals surface area contributed by atoms with Crippen LogP contribution in [0.3, 0.4) is 0 Å². The van der Waals surface area contributed by atoms with Gasteiger partial charge in [0, 0.05) is 38.9 Å². The lowest BCUT2D eigenvalue weighted by atomic mass is 9.90. The number of hydrogen-bond donors (Lipinski definition) is 1. The Balaban J connectivity index is 1.83. The number of likely N-dealkylation sites (tertiary alicyclic amines) is 1. The van der Waals surface area contributed by atoms with E-state index in [2.05, 4.69) is 0 Å². The molecule has 0 saturated carbocycles. The summed E-state index contributed by atoms with van der Waals surface area (Å²) in [7, 11) is 1.72. The highest BCUT2D eigenvalue weighted by Gasteiger charge is 2.39. The molecular weight excluding hydrogens is 296 g/mol. The summed E-state index contributed by atoms with van der Waals surface area (Å²) in [5.74, 6) is -1.68. The zero-order valence-electron chi connectivity index (χ0n) is 13.1. The number of hydrogen-bond acceptors (Lipinski definition) is 3. The van der Waals surface area contributed by atoms with E-state index in [-0.39, 0.29) is 18.2 Å². The van der Waals surface area contributed by atoms with Crippen LogP contribution >= 0.6 is 0 Å². The van der Waals surface area contributed by atoms with Crippen LogP contribution in [0.4, 0.5) is 0 Å². The lowest BCUT2D eigenvalue weighted by Crippen LogP contribution is -2.52. The van der Waals surface area contributed by atoms with Crippen LogP contribution in [0, 0.1) is 5.92 Å². The second kappa shape index (κ2) is 6.02. The van der Waals surface area contributed by atoms with Gasteiger partial charge in [-0.3, -0.25) is 9.59 Å². The van der Waals surface area contributed by atoms with Crippen LogP contribution in [0.25, 0.3) is 0 Å². The molecule has 0 spiro atoms. The molecule has 2 heterocycles. The quantitative estimate of drug-likeness (QED) is 0.879. The fourth-order valence-corrected chi connectivity index (χ4v) is 3.36. The predicted molar refractivity (Wildman–Crippen MR) is 82.5 cm³/mol. The fraction of sp³-hybridized carbons (Fsp3) is 0.471. The van der Waals surface area contributed by atoms with Crippen molar-refractivity contribution in [2.45, 2.75) is 31.8 Å². The highest BCUT2D eigenvalue weighted by atomic mass is 16.4. The first-order chi connectivity index (χ1) is 11.0. The van der Waals surface area contributed by atoms with Crippen molar-refractivity contribution >= 4 is 17.8 Å². The molecule has 122 valence electrons. The topological polar surface area (TPSA) is 77.9 Å². The average molecular weight is 316 g/mol. The van der Waals surface area contributed by atoms with Crippen LogP contribution in [-0.4, -0.2) is 52.3 Å². The molecule has 6 nitrogen and oxygen atoms in total. The highest BCUT2D eigenvalue weighted by Crippen LogP contribution is 2.28. The first-order valence-electron chi connectivity index (χ1n) is 7.81. The number of carboxylic acid groups (broad SMARTS) is 1. The first-order valence-corrected chi connectivity index (χ1v) is 7.81. The van der Waals surface area contributed by atoms with Crippen LogP contribution in [0.2, 0.25) is 0 Å². The molecule has 1 aromatic rings. The van der Waals surface area contributed by atoms with E-state index in [0.29, 0.717) is 25.9 Å². The van der Waals surface area contributed by atoms with Gasteiger partial charge in [0.05, 0.1) is 0 Å². The normalized spacial score (nSPS) is 24.3. The number of amides is 2. The van der Waals surface area contributed by atoms with Gasteiger partial charge in [-0.1, -0.05) is 24.3 Å². The standard InChI is InChI=1S/C17H20N2O4/c1-18-7-6-12(9-15(18)20)16(21)19-10-13-5-3-2-4-11(13)8-14(19)17(22)23/h2-5,12,14H,6-10H2,1H3,(H,22,23). The maximum Gasteiger partial charge on any atom is 0.326 e. The molecular formula is C17H20N2O4. The van der Waals surface area contributed by atoms with Gasteiger partial charge in [0.15, 0.2) is 0 Å². The highest BCUT2D eigenvalue weighted by molar-refractivity contribution is 5.90. The van der Waals surface area contributed by atoms with Crippen LogP contribution in [0.1, 0.15) is 24.0 Å². The second-order valence-electron chi connectivity index (χ2n) is 6.30. The Morgan fingerprint density at radius 2 is 1.87 bits per heavy atom. The van der Waals surface area contributed by atoms with E-state index >= 15 is 0 Å². The first kappa shape index (κ1) is 15.5. The van der Waals surface area contributed by atoms with Gasteiger partial charge in [-0.2, -0.15) is 0 Å². The summed E-state index contributed by atoms with van der Waals surface area (Å²) in [5.41, 5.74) is 1.96. The number of benzene rings is 1. The summed E-state index contributed by atoms with van der Waals surface area (Å²) in [6.07, 6.45) is 1.07. The van der Waals surface area contributed by atoms with Crippen molar-refractivity contribution < 1.29 is 19.5 Å². The van der Waals surface area contributed by atoms with E-state index in [9.17, 15) is 19.5 Å². The summed E-state index contributed by atoms with van der Waals surface area (Å²) < 4.78 is 0. The molecule has 1 saturated heterocycles. The monoisotopic (exact) mass is 316 g/mol. The summed E-state index contributed by atoms with van der Waals surface area (Å²) in [6.45, 7) is 0.837. The molecule has 23 heavy (non-hydrogen) atoms. The molecule has 0 aromatic heterocycles. The molecule has 6 heteroatoms. The minimum atomic E-state index is -0.993. The number of carbonyl (C=O) groups is 3. The third-order valence-corrected chi connectivity index (χ3v) is 4.83. The summed E-state index contributed by atoms with van der Waals surface area (Å²) in [5, 5.41) is 9.51. The van der Waals surface area contributed by atoms with Crippen molar-refractivity contribution in [3.05, 3.63) is 35.4 Å². The number of aliphatic carboxylic acids is 1. The van der Waals surface area contributed by atoms with Crippen molar-refractivity contribution in [3.8, 4) is 0 Å². The molecule has 1 fully saturated rings. The van der Waals surface area contributed by atoms with E-state index in [0.717, 1.165) is 11.1 Å². The Bertz CT molecular complexity index is 658. The van der Waals surface area contributed by atoms with Crippen LogP contribution in [0.5, 0.6) is 0 Å². The molecule has 1 aromatic carbocycles. The van der Waals surface area contributed by atoms with Crippen LogP contribution < -0.4 is 0 Å². The zero-order valence-corrected chi connectivity index (χ0v) is 13.1. The Morgan fingerprint density at radius 3 is 2.52 bits per heavy atom. The van der Waals surface area contributed by atoms with Gasteiger partial charge >= 0.3 is 5.97 Å². The van der Waals surface area contributed by atoms with E-state index in [1.165, 1.54) is 4.90 Å². The molecule has 0 bridgehead atoms. The minimum absolute atomic E-state index is 0.0566. The number of fused-ring (bicyclic) bond motifs is 1. The zero-order chi connectivity index (χ0) is 16.6. The van der Waals surface area contributed by atoms with Crippen molar-refractivity contribution in [1.82, 2.24) is 9.80 Å². The smallest absolute Gasteiger partial charge is 0.326 e. The lowest BCUT2D eigenvalue weighted by Gasteiger charge is -2.38. The van der Waals surface area contributed by atoms with Crippen molar-refractivity contribution in [1.29, 1.82) is 0 Å². The number of rotatable bonds is 2. The average Bonchev–Trinajstić information content (AvgIpc) is 2.55. The van der Waals surface area contributed by atoms with Gasteiger partial charge in [-0.25, -0.2) is 4.79 Å². The number of carbonyl (C=O) groups excluding carboxylic acids is 2. The Hall–Kier alpha value is -2.37. The van der Waals surface area contributed by atoms with Crippen molar-refractivity contribution in [3.63, 3.8) is 0 Å². The van der Waals surface area contributed by atoms with Gasteiger partial charge in [0.1, 0.15) is 6.04 Å². The number of piperidine rings is 1. The summed E-state index contributed by atoms with van der Waals surface area (Å²) in [4.78, 5) is 39.3. The molecule has 1 N–H and O–H groups in total. The van der Waals surface area contributed by atoms with Crippen LogP contribution in [-0.2, 0) is 27.3 Å². The molecule has 2 aliphatic heterocycles. The van der Waals surface area contributed by atoms with E-state index in [4.69, 9.17) is 0 Å². The Kier molecular flexibility index (Phi) is 4.07. The summed E-state index contributed by atoms with van der Waals surface area (Å²) in [6, 6.07) is 6.75. The van der Waals surface area contributed by atoms with E-state index in [1.54, 1.807) is 11.9 Å². The maximum absolute atomic E-state index is 12.8. The molecule has 2 atom stereocenters. The molecule has 3 rings (SSSR count). The van der Waals surface area contributed by atoms with Gasteiger partial charge in [-0.05, 0) is 17.5 Å². The molecule has 0 aliphatic carbocycles. The number of carboxylic acids is 1. The molecule has 2 unspecified atom stereocenters. The lowest BCUT2D eigenvalue weighted by molar-refractivity contribution is -0.155. The Labute approximate surface area is 134 Å². The van der Waals surface area contributed by atoms with Crippen molar-refractivity contribution in [2.75, 3.05) is 13.6 Å². The fourth-order valence-electron chi connectivity index (χ4n) is 3.36. The van der Waals surface area contributed by atoms with Crippen LogP contribution in [0.15, 0.2) is 24.3 Å². The SMILES string of the molecule is CN1CCC(C(=O)N2Cc3ccccc3CC2C(=O)O)CC1=O. The van der Waals surface area contributed by atoms with Gasteiger partial charge in [-0.15, -0.1) is 0 Å². The van der Waals surface area contributed by atoms with Gasteiger partial charge in [0.25, 0.3) is 0 Å². The van der Waals surface area contributed by atoms with E-state index < -0.39 is 17.9 Å². The third-order valence-electron chi connectivity index (χ3n) is 4.83.